The van der Waals surface area contributed by atoms with Crippen LogP contribution in [0.15, 0.2) is 0 Å². The van der Waals surface area contributed by atoms with Crippen molar-refractivity contribution in [1.29, 1.82) is 0 Å². The second-order valence-corrected chi connectivity index (χ2v) is 5.97. The highest BCUT2D eigenvalue weighted by Crippen LogP contribution is 2.30. The molecule has 1 aliphatic rings. The number of thiazole rings is 1. The Kier molecular flexibility index (Phi) is 3.62. The van der Waals surface area contributed by atoms with Crippen LogP contribution < -0.4 is 5.73 Å². The van der Waals surface area contributed by atoms with Gasteiger partial charge in [0, 0.05) is 30.1 Å². The molecule has 90 valence electrons. The molecule has 4 heteroatoms. The molecule has 1 fully saturated rings. The monoisotopic (exact) mass is 239 g/mol. The van der Waals surface area contributed by atoms with Crippen LogP contribution in [0.2, 0.25) is 0 Å². The molecule has 2 N–H and O–H groups in total. The Labute approximate surface area is 102 Å². The van der Waals surface area contributed by atoms with Gasteiger partial charge in [0.25, 0.3) is 0 Å². The quantitative estimate of drug-likeness (QED) is 0.860. The van der Waals surface area contributed by atoms with E-state index < -0.39 is 0 Å². The van der Waals surface area contributed by atoms with Crippen molar-refractivity contribution in [3.63, 3.8) is 0 Å². The van der Waals surface area contributed by atoms with Crippen LogP contribution in [-0.4, -0.2) is 29.0 Å². The molecule has 0 radical (unpaired) electrons. The molecule has 0 bridgehead atoms. The zero-order valence-electron chi connectivity index (χ0n) is 10.4. The van der Waals surface area contributed by atoms with Gasteiger partial charge < -0.3 is 5.73 Å². The SMILES string of the molecule is Cc1nc(C)c(C(C)N2CCC(N)CC2)s1. The van der Waals surface area contributed by atoms with Crippen molar-refractivity contribution in [2.24, 2.45) is 5.73 Å². The minimum absolute atomic E-state index is 0.410. The van der Waals surface area contributed by atoms with E-state index >= 15 is 0 Å². The van der Waals surface area contributed by atoms with Gasteiger partial charge in [-0.1, -0.05) is 0 Å². The van der Waals surface area contributed by atoms with Crippen molar-refractivity contribution >= 4 is 11.3 Å². The van der Waals surface area contributed by atoms with Crippen LogP contribution in [0.5, 0.6) is 0 Å². The summed E-state index contributed by atoms with van der Waals surface area (Å²) in [5.41, 5.74) is 7.13. The van der Waals surface area contributed by atoms with Gasteiger partial charge in [0.1, 0.15) is 0 Å². The molecular formula is C12H21N3S. The molecule has 0 aliphatic carbocycles. The maximum atomic E-state index is 5.93. The normalized spacial score (nSPS) is 21.2. The molecule has 2 rings (SSSR count). The van der Waals surface area contributed by atoms with Crippen molar-refractivity contribution < 1.29 is 0 Å². The Balaban J connectivity index is 2.07. The van der Waals surface area contributed by atoms with E-state index in [9.17, 15) is 0 Å². The number of aromatic nitrogens is 1. The first-order chi connectivity index (χ1) is 7.58. The van der Waals surface area contributed by atoms with Crippen LogP contribution in [0.3, 0.4) is 0 Å². The van der Waals surface area contributed by atoms with Crippen LogP contribution in [-0.2, 0) is 0 Å². The van der Waals surface area contributed by atoms with Crippen molar-refractivity contribution in [3.8, 4) is 0 Å². The number of hydrogen-bond acceptors (Lipinski definition) is 4. The van der Waals surface area contributed by atoms with Gasteiger partial charge in [-0.3, -0.25) is 4.90 Å². The highest BCUT2D eigenvalue weighted by Gasteiger charge is 2.24. The van der Waals surface area contributed by atoms with Gasteiger partial charge in [0.2, 0.25) is 0 Å². The molecular weight excluding hydrogens is 218 g/mol. The van der Waals surface area contributed by atoms with Crippen molar-refractivity contribution in [1.82, 2.24) is 9.88 Å². The van der Waals surface area contributed by atoms with Gasteiger partial charge in [-0.05, 0) is 33.6 Å². The second-order valence-electron chi connectivity index (χ2n) is 4.73. The topological polar surface area (TPSA) is 42.2 Å². The number of aryl methyl sites for hydroxylation is 2. The van der Waals surface area contributed by atoms with E-state index in [0.717, 1.165) is 25.9 Å². The summed E-state index contributed by atoms with van der Waals surface area (Å²) in [5, 5.41) is 1.17. The maximum absolute atomic E-state index is 5.93. The summed E-state index contributed by atoms with van der Waals surface area (Å²) in [7, 11) is 0. The Bertz CT molecular complexity index is 353. The van der Waals surface area contributed by atoms with E-state index in [2.05, 4.69) is 30.7 Å². The molecule has 1 aromatic heterocycles. The Morgan fingerprint density at radius 3 is 2.50 bits per heavy atom. The molecule has 1 aliphatic heterocycles. The average molecular weight is 239 g/mol. The van der Waals surface area contributed by atoms with Crippen LogP contribution in [0.1, 0.15) is 41.4 Å². The fourth-order valence-corrected chi connectivity index (χ4v) is 3.42. The third kappa shape index (κ3) is 2.44. The number of rotatable bonds is 2. The van der Waals surface area contributed by atoms with Crippen LogP contribution in [0.4, 0.5) is 0 Å². The smallest absolute Gasteiger partial charge is 0.0900 e. The third-order valence-corrected chi connectivity index (χ3v) is 4.68. The standard InChI is InChI=1S/C12H21N3S/c1-8-12(16-10(3)14-8)9(2)15-6-4-11(13)5-7-15/h9,11H,4-7,13H2,1-3H3. The number of nitrogens with two attached hydrogens (primary N) is 1. The first-order valence-electron chi connectivity index (χ1n) is 6.01. The summed E-state index contributed by atoms with van der Waals surface area (Å²) < 4.78 is 0. The minimum Gasteiger partial charge on any atom is -0.328 e. The van der Waals surface area contributed by atoms with Gasteiger partial charge in [-0.25, -0.2) is 4.98 Å². The largest absolute Gasteiger partial charge is 0.328 e. The van der Waals surface area contributed by atoms with E-state index in [-0.39, 0.29) is 0 Å². The van der Waals surface area contributed by atoms with Gasteiger partial charge in [-0.15, -0.1) is 11.3 Å². The lowest BCUT2D eigenvalue weighted by molar-refractivity contribution is 0.165. The third-order valence-electron chi connectivity index (χ3n) is 3.44. The van der Waals surface area contributed by atoms with Gasteiger partial charge >= 0.3 is 0 Å². The summed E-state index contributed by atoms with van der Waals surface area (Å²) in [6.07, 6.45) is 2.25. The van der Waals surface area contributed by atoms with Gasteiger partial charge in [0.15, 0.2) is 0 Å². The van der Waals surface area contributed by atoms with Crippen molar-refractivity contribution in [2.75, 3.05) is 13.1 Å². The number of nitrogens with zero attached hydrogens (tertiary/aromatic N) is 2. The first-order valence-corrected chi connectivity index (χ1v) is 6.83. The van der Waals surface area contributed by atoms with Gasteiger partial charge in [0.05, 0.1) is 10.7 Å². The molecule has 0 saturated carbocycles. The van der Waals surface area contributed by atoms with E-state index in [1.54, 1.807) is 0 Å². The zero-order chi connectivity index (χ0) is 11.7. The zero-order valence-corrected chi connectivity index (χ0v) is 11.2. The van der Waals surface area contributed by atoms with Crippen LogP contribution >= 0.6 is 11.3 Å². The number of likely N-dealkylation sites (tertiary alicyclic amines) is 1. The fourth-order valence-electron chi connectivity index (χ4n) is 2.41. The Morgan fingerprint density at radius 2 is 2.00 bits per heavy atom. The number of hydrogen-bond donors (Lipinski definition) is 1. The van der Waals surface area contributed by atoms with E-state index in [1.807, 2.05) is 11.3 Å². The molecule has 2 heterocycles. The summed E-state index contributed by atoms with van der Waals surface area (Å²) in [6.45, 7) is 8.74. The van der Waals surface area contributed by atoms with Crippen LogP contribution in [0, 0.1) is 13.8 Å². The van der Waals surface area contributed by atoms with Crippen molar-refractivity contribution in [2.45, 2.75) is 45.7 Å². The maximum Gasteiger partial charge on any atom is 0.0900 e. The van der Waals surface area contributed by atoms with E-state index in [0.29, 0.717) is 12.1 Å². The number of piperidine rings is 1. The molecule has 0 amide bonds. The lowest BCUT2D eigenvalue weighted by Crippen LogP contribution is -2.40. The van der Waals surface area contributed by atoms with Crippen LogP contribution in [0.25, 0.3) is 0 Å². The Morgan fingerprint density at radius 1 is 1.38 bits per heavy atom. The molecule has 0 aromatic carbocycles. The molecule has 1 saturated heterocycles. The summed E-state index contributed by atoms with van der Waals surface area (Å²) in [5.74, 6) is 0. The highest BCUT2D eigenvalue weighted by molar-refractivity contribution is 7.11. The first kappa shape index (κ1) is 12.0. The fraction of sp³-hybridized carbons (Fsp3) is 0.750. The summed E-state index contributed by atoms with van der Waals surface area (Å²) >= 11 is 1.83. The highest BCUT2D eigenvalue weighted by atomic mass is 32.1. The summed E-state index contributed by atoms with van der Waals surface area (Å²) in [6, 6.07) is 0.909. The molecule has 3 nitrogen and oxygen atoms in total. The van der Waals surface area contributed by atoms with E-state index in [1.165, 1.54) is 15.6 Å². The molecule has 1 atom stereocenters. The molecule has 1 aromatic rings. The lowest BCUT2D eigenvalue weighted by atomic mass is 10.0. The molecule has 1 unspecified atom stereocenters. The minimum atomic E-state index is 0.410. The predicted octanol–water partition coefficient (Wildman–Crippen LogP) is 2.24. The average Bonchev–Trinajstić information content (AvgIpc) is 2.58. The van der Waals surface area contributed by atoms with E-state index in [4.69, 9.17) is 5.73 Å². The van der Waals surface area contributed by atoms with Crippen molar-refractivity contribution in [3.05, 3.63) is 15.6 Å². The second kappa shape index (κ2) is 4.82. The Hall–Kier alpha value is -0.450. The summed E-state index contributed by atoms with van der Waals surface area (Å²) in [4.78, 5) is 8.46. The molecule has 0 spiro atoms. The predicted molar refractivity (Wildman–Crippen MR) is 68.8 cm³/mol. The lowest BCUT2D eigenvalue weighted by Gasteiger charge is -2.34. The molecule has 16 heavy (non-hydrogen) atoms. The van der Waals surface area contributed by atoms with Gasteiger partial charge in [-0.2, -0.15) is 0 Å².